The lowest BCUT2D eigenvalue weighted by Crippen LogP contribution is -2.34. The second kappa shape index (κ2) is 15.7. The monoisotopic (exact) mass is 334 g/mol. The summed E-state index contributed by atoms with van der Waals surface area (Å²) in [5, 5.41) is 3.05. The molecule has 0 atom stereocenters. The van der Waals surface area contributed by atoms with Crippen LogP contribution in [0, 0.1) is 0 Å². The molecule has 0 rings (SSSR count). The van der Waals surface area contributed by atoms with Crippen molar-refractivity contribution in [2.45, 2.75) is 12.8 Å². The lowest BCUT2D eigenvalue weighted by molar-refractivity contribution is -0.145. The Labute approximate surface area is 138 Å². The van der Waals surface area contributed by atoms with Crippen molar-refractivity contribution < 1.29 is 28.5 Å². The normalized spacial score (nSPS) is 10.8. The van der Waals surface area contributed by atoms with Crippen LogP contribution in [0.4, 0.5) is 0 Å². The van der Waals surface area contributed by atoms with Gasteiger partial charge in [-0.25, -0.2) is 0 Å². The minimum atomic E-state index is -0.265. The Morgan fingerprint density at radius 3 is 1.70 bits per heavy atom. The average Bonchev–Trinajstić information content (AvgIpc) is 2.54. The minimum absolute atomic E-state index is 0.262. The summed E-state index contributed by atoms with van der Waals surface area (Å²) in [4.78, 5) is 25.2. The van der Waals surface area contributed by atoms with Crippen LogP contribution in [-0.2, 0) is 28.5 Å². The van der Waals surface area contributed by atoms with Gasteiger partial charge >= 0.3 is 11.9 Å². The van der Waals surface area contributed by atoms with Crippen molar-refractivity contribution in [1.29, 1.82) is 0 Å². The zero-order chi connectivity index (χ0) is 17.3. The number of carbonyl (C=O) groups is 2. The summed E-state index contributed by atoms with van der Waals surface area (Å²) in [5.41, 5.74) is 0. The number of methoxy groups -OCH3 is 2. The smallest absolute Gasteiger partial charge is 0.307 e. The van der Waals surface area contributed by atoms with Gasteiger partial charge < -0.3 is 29.2 Å². The van der Waals surface area contributed by atoms with E-state index in [4.69, 9.17) is 18.9 Å². The summed E-state index contributed by atoms with van der Waals surface area (Å²) in [6, 6.07) is 0. The van der Waals surface area contributed by atoms with E-state index in [1.54, 1.807) is 14.2 Å². The fourth-order valence-corrected chi connectivity index (χ4v) is 1.73. The molecule has 0 bridgehead atoms. The van der Waals surface area contributed by atoms with E-state index in [0.717, 1.165) is 13.1 Å². The van der Waals surface area contributed by atoms with E-state index in [2.05, 4.69) is 5.32 Å². The molecule has 23 heavy (non-hydrogen) atoms. The van der Waals surface area contributed by atoms with Crippen molar-refractivity contribution in [2.75, 3.05) is 73.9 Å². The molecule has 0 spiro atoms. The molecule has 0 amide bonds. The predicted octanol–water partition coefficient (Wildman–Crippen LogP) is -0.333. The van der Waals surface area contributed by atoms with Crippen LogP contribution in [0.5, 0.6) is 0 Å². The van der Waals surface area contributed by atoms with E-state index in [0.29, 0.717) is 26.3 Å². The number of hydrogen-bond donors (Lipinski definition) is 1. The maximum absolute atomic E-state index is 11.6. The zero-order valence-electron chi connectivity index (χ0n) is 14.5. The van der Waals surface area contributed by atoms with Crippen LogP contribution in [0.15, 0.2) is 0 Å². The van der Waals surface area contributed by atoms with Gasteiger partial charge in [-0.2, -0.15) is 0 Å². The lowest BCUT2D eigenvalue weighted by atomic mass is 10.3. The molecular formula is C15H30N2O6. The van der Waals surface area contributed by atoms with Crippen LogP contribution >= 0.6 is 0 Å². The van der Waals surface area contributed by atoms with Gasteiger partial charge in [0.2, 0.25) is 0 Å². The molecule has 0 aliphatic carbocycles. The highest BCUT2D eigenvalue weighted by molar-refractivity contribution is 5.70. The molecule has 136 valence electrons. The third-order valence-electron chi connectivity index (χ3n) is 3.04. The molecule has 0 fully saturated rings. The largest absolute Gasteiger partial charge is 0.463 e. The second-order valence-corrected chi connectivity index (χ2v) is 4.87. The van der Waals surface area contributed by atoms with E-state index < -0.39 is 0 Å². The SMILES string of the molecule is CNCCN(CCC(=O)OCCOC)CCC(=O)OCCOC. The van der Waals surface area contributed by atoms with Gasteiger partial charge in [-0.1, -0.05) is 0 Å². The molecule has 0 radical (unpaired) electrons. The molecule has 0 unspecified atom stereocenters. The van der Waals surface area contributed by atoms with Crippen molar-refractivity contribution >= 4 is 11.9 Å². The van der Waals surface area contributed by atoms with Crippen LogP contribution in [0.3, 0.4) is 0 Å². The fraction of sp³-hybridized carbons (Fsp3) is 0.867. The van der Waals surface area contributed by atoms with E-state index in [1.165, 1.54) is 0 Å². The van der Waals surface area contributed by atoms with Gasteiger partial charge in [-0.15, -0.1) is 0 Å². The van der Waals surface area contributed by atoms with Gasteiger partial charge in [0, 0.05) is 40.4 Å². The van der Waals surface area contributed by atoms with Crippen molar-refractivity contribution in [1.82, 2.24) is 10.2 Å². The highest BCUT2D eigenvalue weighted by Crippen LogP contribution is 1.98. The van der Waals surface area contributed by atoms with Gasteiger partial charge in [0.05, 0.1) is 26.1 Å². The summed E-state index contributed by atoms with van der Waals surface area (Å²) in [6.45, 7) is 3.91. The molecule has 0 aliphatic heterocycles. The number of nitrogens with one attached hydrogen (secondary N) is 1. The second-order valence-electron chi connectivity index (χ2n) is 4.87. The van der Waals surface area contributed by atoms with E-state index in [9.17, 15) is 9.59 Å². The fourth-order valence-electron chi connectivity index (χ4n) is 1.73. The highest BCUT2D eigenvalue weighted by atomic mass is 16.6. The van der Waals surface area contributed by atoms with Crippen LogP contribution < -0.4 is 5.32 Å². The van der Waals surface area contributed by atoms with E-state index >= 15 is 0 Å². The maximum Gasteiger partial charge on any atom is 0.307 e. The van der Waals surface area contributed by atoms with Crippen molar-refractivity contribution in [2.24, 2.45) is 0 Å². The third-order valence-corrected chi connectivity index (χ3v) is 3.04. The predicted molar refractivity (Wildman–Crippen MR) is 85.3 cm³/mol. The van der Waals surface area contributed by atoms with Crippen LogP contribution in [0.25, 0.3) is 0 Å². The molecule has 0 aromatic carbocycles. The van der Waals surface area contributed by atoms with Crippen molar-refractivity contribution in [3.05, 3.63) is 0 Å². The summed E-state index contributed by atoms with van der Waals surface area (Å²) in [7, 11) is 4.97. The Bertz CT molecular complexity index is 288. The first kappa shape index (κ1) is 21.8. The van der Waals surface area contributed by atoms with Gasteiger partial charge in [0.25, 0.3) is 0 Å². The summed E-state index contributed by atoms with van der Waals surface area (Å²) in [5.74, 6) is -0.529. The van der Waals surface area contributed by atoms with Gasteiger partial charge in [0.1, 0.15) is 13.2 Å². The number of likely N-dealkylation sites (N-methyl/N-ethyl adjacent to an activating group) is 1. The number of rotatable bonds is 15. The van der Waals surface area contributed by atoms with Crippen LogP contribution in [0.2, 0.25) is 0 Å². The molecule has 0 saturated carbocycles. The standard InChI is InChI=1S/C15H30N2O6/c1-16-6-9-17(7-4-14(18)22-12-10-20-2)8-5-15(19)23-13-11-21-3/h16H,4-13H2,1-3H3. The van der Waals surface area contributed by atoms with Crippen LogP contribution in [-0.4, -0.2) is 90.7 Å². The Balaban J connectivity index is 4.00. The molecule has 0 aromatic heterocycles. The Morgan fingerprint density at radius 2 is 1.30 bits per heavy atom. The first-order valence-electron chi connectivity index (χ1n) is 7.80. The first-order chi connectivity index (χ1) is 11.1. The van der Waals surface area contributed by atoms with Gasteiger partial charge in [-0.05, 0) is 7.05 Å². The lowest BCUT2D eigenvalue weighted by Gasteiger charge is -2.21. The number of esters is 2. The molecule has 0 aromatic rings. The van der Waals surface area contributed by atoms with E-state index in [-0.39, 0.29) is 38.0 Å². The molecule has 0 aliphatic rings. The summed E-state index contributed by atoms with van der Waals surface area (Å²) < 4.78 is 19.7. The molecule has 0 saturated heterocycles. The van der Waals surface area contributed by atoms with Crippen LogP contribution in [0.1, 0.15) is 12.8 Å². The molecule has 8 nitrogen and oxygen atoms in total. The zero-order valence-corrected chi connectivity index (χ0v) is 14.5. The Kier molecular flexibility index (Phi) is 14.8. The topological polar surface area (TPSA) is 86.3 Å². The Morgan fingerprint density at radius 1 is 0.826 bits per heavy atom. The average molecular weight is 334 g/mol. The van der Waals surface area contributed by atoms with Gasteiger partial charge in [0.15, 0.2) is 0 Å². The summed E-state index contributed by atoms with van der Waals surface area (Å²) >= 11 is 0. The molecule has 8 heteroatoms. The number of nitrogens with zero attached hydrogens (tertiary/aromatic N) is 1. The third kappa shape index (κ3) is 14.1. The minimum Gasteiger partial charge on any atom is -0.463 e. The van der Waals surface area contributed by atoms with Crippen molar-refractivity contribution in [3.63, 3.8) is 0 Å². The van der Waals surface area contributed by atoms with Gasteiger partial charge in [-0.3, -0.25) is 9.59 Å². The number of hydrogen-bond acceptors (Lipinski definition) is 8. The summed E-state index contributed by atoms with van der Waals surface area (Å²) in [6.07, 6.45) is 0.568. The number of carbonyl (C=O) groups excluding carboxylic acids is 2. The van der Waals surface area contributed by atoms with Crippen molar-refractivity contribution in [3.8, 4) is 0 Å². The number of ether oxygens (including phenoxy) is 4. The highest BCUT2D eigenvalue weighted by Gasteiger charge is 2.12. The first-order valence-corrected chi connectivity index (χ1v) is 7.80. The quantitative estimate of drug-likeness (QED) is 0.322. The van der Waals surface area contributed by atoms with E-state index in [1.807, 2.05) is 11.9 Å². The molecular weight excluding hydrogens is 304 g/mol. The Hall–Kier alpha value is -1.22. The maximum atomic E-state index is 11.6. The molecule has 1 N–H and O–H groups in total. The molecule has 0 heterocycles.